The molecule has 0 amide bonds. The van der Waals surface area contributed by atoms with Gasteiger partial charge in [-0.25, -0.2) is 4.79 Å². The second-order valence-corrected chi connectivity index (χ2v) is 3.00. The van der Waals surface area contributed by atoms with Crippen molar-refractivity contribution in [1.29, 1.82) is 0 Å². The van der Waals surface area contributed by atoms with Crippen LogP contribution in [0.1, 0.15) is 16.8 Å². The van der Waals surface area contributed by atoms with E-state index >= 15 is 0 Å². The first kappa shape index (κ1) is 11.5. The molecule has 1 aromatic carbocycles. The van der Waals surface area contributed by atoms with Gasteiger partial charge in [-0.1, -0.05) is 12.1 Å². The first-order valence-electron chi connectivity index (χ1n) is 4.69. The van der Waals surface area contributed by atoms with Crippen LogP contribution in [0, 0.1) is 0 Å². The molecule has 0 spiro atoms. The Bertz CT molecular complexity index is 322. The summed E-state index contributed by atoms with van der Waals surface area (Å²) in [6.45, 7) is 1.06. The molecule has 0 aromatic heterocycles. The zero-order valence-electron chi connectivity index (χ0n) is 8.60. The summed E-state index contributed by atoms with van der Waals surface area (Å²) in [6.07, 6.45) is 0.741. The molecule has 1 rings (SSSR count). The van der Waals surface area contributed by atoms with Gasteiger partial charge in [-0.2, -0.15) is 0 Å². The molecule has 0 saturated carbocycles. The van der Waals surface area contributed by atoms with Crippen molar-refractivity contribution in [3.05, 3.63) is 29.8 Å². The maximum atomic E-state index is 10.8. The Morgan fingerprint density at radius 2 is 2.07 bits per heavy atom. The summed E-state index contributed by atoms with van der Waals surface area (Å²) >= 11 is 0. The number of para-hydroxylation sites is 1. The summed E-state index contributed by atoms with van der Waals surface area (Å²) in [6, 6.07) is 6.59. The number of hydrogen-bond acceptors (Lipinski definition) is 3. The predicted molar refractivity (Wildman–Crippen MR) is 55.4 cm³/mol. The van der Waals surface area contributed by atoms with Gasteiger partial charge in [-0.05, 0) is 12.1 Å². The van der Waals surface area contributed by atoms with Crippen LogP contribution < -0.4 is 4.74 Å². The molecule has 0 unspecified atom stereocenters. The minimum absolute atomic E-state index is 0.190. The molecule has 0 saturated heterocycles. The van der Waals surface area contributed by atoms with Crippen molar-refractivity contribution < 1.29 is 19.4 Å². The van der Waals surface area contributed by atoms with Crippen molar-refractivity contribution in [1.82, 2.24) is 0 Å². The van der Waals surface area contributed by atoms with Crippen molar-refractivity contribution in [2.45, 2.75) is 6.42 Å². The maximum absolute atomic E-state index is 10.8. The van der Waals surface area contributed by atoms with Crippen LogP contribution in [0.2, 0.25) is 0 Å². The number of rotatable bonds is 6. The van der Waals surface area contributed by atoms with Crippen LogP contribution in [0.5, 0.6) is 5.75 Å². The van der Waals surface area contributed by atoms with Crippen LogP contribution >= 0.6 is 0 Å². The number of ether oxygens (including phenoxy) is 2. The zero-order valence-corrected chi connectivity index (χ0v) is 8.60. The molecule has 0 fully saturated rings. The molecular weight excluding hydrogens is 196 g/mol. The second kappa shape index (κ2) is 6.03. The van der Waals surface area contributed by atoms with Crippen LogP contribution in [-0.2, 0) is 4.74 Å². The van der Waals surface area contributed by atoms with Gasteiger partial charge in [0.15, 0.2) is 0 Å². The fraction of sp³-hybridized carbons (Fsp3) is 0.364. The first-order valence-corrected chi connectivity index (χ1v) is 4.69. The van der Waals surface area contributed by atoms with E-state index in [1.807, 2.05) is 0 Å². The Morgan fingerprint density at radius 3 is 2.73 bits per heavy atom. The van der Waals surface area contributed by atoms with Gasteiger partial charge in [-0.15, -0.1) is 0 Å². The van der Waals surface area contributed by atoms with E-state index in [0.717, 1.165) is 6.42 Å². The van der Waals surface area contributed by atoms with E-state index in [0.29, 0.717) is 19.0 Å². The molecule has 1 N–H and O–H groups in total. The molecule has 0 aliphatic rings. The normalized spacial score (nSPS) is 9.93. The van der Waals surface area contributed by atoms with Crippen LogP contribution in [0.25, 0.3) is 0 Å². The minimum atomic E-state index is -0.975. The molecule has 0 heterocycles. The van der Waals surface area contributed by atoms with E-state index in [2.05, 4.69) is 0 Å². The molecule has 0 atom stereocenters. The Hall–Kier alpha value is -1.55. The van der Waals surface area contributed by atoms with Crippen molar-refractivity contribution in [2.75, 3.05) is 20.3 Å². The minimum Gasteiger partial charge on any atom is -0.493 e. The number of carboxylic acid groups (broad SMARTS) is 1. The quantitative estimate of drug-likeness (QED) is 0.727. The maximum Gasteiger partial charge on any atom is 0.339 e. The van der Waals surface area contributed by atoms with Crippen LogP contribution in [0.15, 0.2) is 24.3 Å². The summed E-state index contributed by atoms with van der Waals surface area (Å²) in [7, 11) is 1.62. The third-order valence-electron chi connectivity index (χ3n) is 1.87. The monoisotopic (exact) mass is 210 g/mol. The molecule has 0 radical (unpaired) electrons. The van der Waals surface area contributed by atoms with Crippen molar-refractivity contribution >= 4 is 5.97 Å². The molecule has 82 valence electrons. The number of hydrogen-bond donors (Lipinski definition) is 1. The predicted octanol–water partition coefficient (Wildman–Crippen LogP) is 1.80. The van der Waals surface area contributed by atoms with Crippen LogP contribution in [0.4, 0.5) is 0 Å². The van der Waals surface area contributed by atoms with Crippen LogP contribution in [0.3, 0.4) is 0 Å². The molecule has 0 aliphatic carbocycles. The van der Waals surface area contributed by atoms with E-state index in [1.54, 1.807) is 25.3 Å². The molecule has 4 heteroatoms. The Morgan fingerprint density at radius 1 is 1.33 bits per heavy atom. The van der Waals surface area contributed by atoms with Crippen molar-refractivity contribution in [3.63, 3.8) is 0 Å². The summed E-state index contributed by atoms with van der Waals surface area (Å²) < 4.78 is 10.2. The lowest BCUT2D eigenvalue weighted by Gasteiger charge is -2.08. The summed E-state index contributed by atoms with van der Waals surface area (Å²) in [5.74, 6) is -0.571. The van der Waals surface area contributed by atoms with Gasteiger partial charge >= 0.3 is 5.97 Å². The van der Waals surface area contributed by atoms with Gasteiger partial charge in [0, 0.05) is 20.1 Å². The molecular formula is C11H14O4. The zero-order chi connectivity index (χ0) is 11.1. The smallest absolute Gasteiger partial charge is 0.339 e. The number of aromatic carboxylic acids is 1. The first-order chi connectivity index (χ1) is 7.25. The molecule has 0 aliphatic heterocycles. The van der Waals surface area contributed by atoms with Gasteiger partial charge in [0.1, 0.15) is 11.3 Å². The van der Waals surface area contributed by atoms with E-state index < -0.39 is 5.97 Å². The van der Waals surface area contributed by atoms with E-state index in [9.17, 15) is 4.79 Å². The summed E-state index contributed by atoms with van der Waals surface area (Å²) in [4.78, 5) is 10.8. The molecule has 4 nitrogen and oxygen atoms in total. The van der Waals surface area contributed by atoms with Crippen molar-refractivity contribution in [3.8, 4) is 5.75 Å². The highest BCUT2D eigenvalue weighted by atomic mass is 16.5. The standard InChI is InChI=1S/C11H14O4/c1-14-7-4-8-15-10-6-3-2-5-9(10)11(12)13/h2-3,5-6H,4,7-8H2,1H3,(H,12,13). The van der Waals surface area contributed by atoms with Gasteiger partial charge in [0.25, 0.3) is 0 Å². The van der Waals surface area contributed by atoms with E-state index in [4.69, 9.17) is 14.6 Å². The van der Waals surface area contributed by atoms with Gasteiger partial charge in [-0.3, -0.25) is 0 Å². The van der Waals surface area contributed by atoms with Gasteiger partial charge < -0.3 is 14.6 Å². The highest BCUT2D eigenvalue weighted by Gasteiger charge is 2.09. The van der Waals surface area contributed by atoms with Gasteiger partial charge in [0.05, 0.1) is 6.61 Å². The Balaban J connectivity index is 2.56. The second-order valence-electron chi connectivity index (χ2n) is 3.00. The fourth-order valence-electron chi connectivity index (χ4n) is 1.15. The van der Waals surface area contributed by atoms with E-state index in [-0.39, 0.29) is 5.56 Å². The lowest BCUT2D eigenvalue weighted by molar-refractivity contribution is 0.0691. The fourth-order valence-corrected chi connectivity index (χ4v) is 1.15. The number of carboxylic acids is 1. The molecule has 15 heavy (non-hydrogen) atoms. The third-order valence-corrected chi connectivity index (χ3v) is 1.87. The number of methoxy groups -OCH3 is 1. The Labute approximate surface area is 88.4 Å². The van der Waals surface area contributed by atoms with Gasteiger partial charge in [0.2, 0.25) is 0 Å². The average molecular weight is 210 g/mol. The largest absolute Gasteiger partial charge is 0.493 e. The van der Waals surface area contributed by atoms with E-state index in [1.165, 1.54) is 6.07 Å². The topological polar surface area (TPSA) is 55.8 Å². The molecule has 1 aromatic rings. The highest BCUT2D eigenvalue weighted by Crippen LogP contribution is 2.17. The van der Waals surface area contributed by atoms with Crippen LogP contribution in [-0.4, -0.2) is 31.4 Å². The lowest BCUT2D eigenvalue weighted by atomic mass is 10.2. The third kappa shape index (κ3) is 3.59. The highest BCUT2D eigenvalue weighted by molar-refractivity contribution is 5.90. The summed E-state index contributed by atoms with van der Waals surface area (Å²) in [5.41, 5.74) is 0.190. The van der Waals surface area contributed by atoms with Crippen molar-refractivity contribution in [2.24, 2.45) is 0 Å². The number of benzene rings is 1. The lowest BCUT2D eigenvalue weighted by Crippen LogP contribution is -2.05. The molecule has 0 bridgehead atoms. The number of carbonyl (C=O) groups is 1. The SMILES string of the molecule is COCCCOc1ccccc1C(=O)O. The summed E-state index contributed by atoms with van der Waals surface area (Å²) in [5, 5.41) is 8.86. The Kier molecular flexibility index (Phi) is 4.63. The average Bonchev–Trinajstić information content (AvgIpc) is 2.25.